The number of rotatable bonds is 8. The SMILES string of the molecule is C=C(C)/C(=C(/C)OC)c1cc(C(=C)C)ccc1CCC1CCCC1.CC(=O)C(C)=C(C)C. The third-order valence-corrected chi connectivity index (χ3v) is 6.53. The van der Waals surface area contributed by atoms with Crippen LogP contribution >= 0.6 is 0 Å². The molecule has 1 aliphatic carbocycles. The topological polar surface area (TPSA) is 26.3 Å². The first-order valence-corrected chi connectivity index (χ1v) is 11.8. The van der Waals surface area contributed by atoms with Gasteiger partial charge in [0.25, 0.3) is 0 Å². The Balaban J connectivity index is 0.000000547. The van der Waals surface area contributed by atoms with Crippen molar-refractivity contribution in [1.82, 2.24) is 0 Å². The van der Waals surface area contributed by atoms with Gasteiger partial charge in [-0.15, -0.1) is 0 Å². The molecule has 2 heteroatoms. The van der Waals surface area contributed by atoms with E-state index in [1.165, 1.54) is 48.8 Å². The molecular formula is C30H44O2. The molecule has 0 amide bonds. The number of carbonyl (C=O) groups is 1. The third kappa shape index (κ3) is 8.30. The Morgan fingerprint density at radius 2 is 1.59 bits per heavy atom. The van der Waals surface area contributed by atoms with E-state index in [4.69, 9.17) is 4.74 Å². The minimum atomic E-state index is 0.171. The number of aryl methyl sites for hydroxylation is 1. The van der Waals surface area contributed by atoms with Crippen LogP contribution in [0.25, 0.3) is 11.1 Å². The maximum Gasteiger partial charge on any atom is 0.155 e. The zero-order valence-electron chi connectivity index (χ0n) is 21.8. The second-order valence-corrected chi connectivity index (χ2v) is 9.44. The van der Waals surface area contributed by atoms with Crippen molar-refractivity contribution in [2.24, 2.45) is 5.92 Å². The molecule has 0 saturated heterocycles. The molecule has 2 rings (SSSR count). The van der Waals surface area contributed by atoms with Gasteiger partial charge in [-0.3, -0.25) is 4.79 Å². The second-order valence-electron chi connectivity index (χ2n) is 9.44. The second kappa shape index (κ2) is 13.3. The first-order chi connectivity index (χ1) is 15.0. The molecule has 32 heavy (non-hydrogen) atoms. The lowest BCUT2D eigenvalue weighted by atomic mass is 9.88. The number of methoxy groups -OCH3 is 1. The smallest absolute Gasteiger partial charge is 0.155 e. The van der Waals surface area contributed by atoms with E-state index in [1.54, 1.807) is 14.0 Å². The molecular weight excluding hydrogens is 392 g/mol. The van der Waals surface area contributed by atoms with Gasteiger partial charge in [0.1, 0.15) is 5.76 Å². The molecule has 0 unspecified atom stereocenters. The van der Waals surface area contributed by atoms with Gasteiger partial charge >= 0.3 is 0 Å². The average molecular weight is 437 g/mol. The molecule has 2 nitrogen and oxygen atoms in total. The normalized spacial score (nSPS) is 14.1. The lowest BCUT2D eigenvalue weighted by molar-refractivity contribution is -0.113. The van der Waals surface area contributed by atoms with Gasteiger partial charge in [-0.1, -0.05) is 62.1 Å². The van der Waals surface area contributed by atoms with Crippen LogP contribution in [0, 0.1) is 5.92 Å². The van der Waals surface area contributed by atoms with Crippen LogP contribution in [0.1, 0.15) is 97.3 Å². The zero-order chi connectivity index (χ0) is 24.4. The van der Waals surface area contributed by atoms with Crippen molar-refractivity contribution in [3.05, 3.63) is 70.5 Å². The summed E-state index contributed by atoms with van der Waals surface area (Å²) >= 11 is 0. The Labute approximate surface area is 197 Å². The molecule has 0 heterocycles. The predicted molar refractivity (Wildman–Crippen MR) is 141 cm³/mol. The van der Waals surface area contributed by atoms with E-state index in [9.17, 15) is 4.79 Å². The van der Waals surface area contributed by atoms with Gasteiger partial charge in [0.15, 0.2) is 5.78 Å². The highest BCUT2D eigenvalue weighted by Gasteiger charge is 2.18. The summed E-state index contributed by atoms with van der Waals surface area (Å²) in [7, 11) is 1.74. The summed E-state index contributed by atoms with van der Waals surface area (Å²) in [5.74, 6) is 2.01. The van der Waals surface area contributed by atoms with Crippen LogP contribution < -0.4 is 0 Å². The highest BCUT2D eigenvalue weighted by atomic mass is 16.5. The molecule has 0 bridgehead atoms. The van der Waals surface area contributed by atoms with E-state index in [0.717, 1.165) is 46.0 Å². The monoisotopic (exact) mass is 436 g/mol. The van der Waals surface area contributed by atoms with Crippen LogP contribution in [0.4, 0.5) is 0 Å². The molecule has 0 aliphatic heterocycles. The maximum atomic E-state index is 10.5. The summed E-state index contributed by atoms with van der Waals surface area (Å²) in [6.07, 6.45) is 8.04. The van der Waals surface area contributed by atoms with Crippen molar-refractivity contribution < 1.29 is 9.53 Å². The Bertz CT molecular complexity index is 885. The van der Waals surface area contributed by atoms with Crippen molar-refractivity contribution in [3.8, 4) is 0 Å². The van der Waals surface area contributed by atoms with E-state index in [0.29, 0.717) is 0 Å². The largest absolute Gasteiger partial charge is 0.501 e. The van der Waals surface area contributed by atoms with Gasteiger partial charge in [0.05, 0.1) is 7.11 Å². The number of allylic oxidation sites excluding steroid dienone is 6. The van der Waals surface area contributed by atoms with Crippen LogP contribution in [0.3, 0.4) is 0 Å². The van der Waals surface area contributed by atoms with Crippen molar-refractivity contribution in [3.63, 3.8) is 0 Å². The van der Waals surface area contributed by atoms with E-state index >= 15 is 0 Å². The van der Waals surface area contributed by atoms with Gasteiger partial charge in [-0.25, -0.2) is 0 Å². The molecule has 176 valence electrons. The number of ketones is 1. The van der Waals surface area contributed by atoms with Crippen LogP contribution in [0.15, 0.2) is 53.8 Å². The quantitative estimate of drug-likeness (QED) is 0.231. The molecule has 0 spiro atoms. The Kier molecular flexibility index (Phi) is 11.5. The lowest BCUT2D eigenvalue weighted by Crippen LogP contribution is -2.03. The lowest BCUT2D eigenvalue weighted by Gasteiger charge is -2.19. The molecule has 1 aromatic carbocycles. The van der Waals surface area contributed by atoms with Crippen LogP contribution in [0.5, 0.6) is 0 Å². The fraction of sp³-hybridized carbons (Fsp3) is 0.500. The van der Waals surface area contributed by atoms with E-state index in [-0.39, 0.29) is 5.78 Å². The molecule has 1 saturated carbocycles. The fourth-order valence-electron chi connectivity index (χ4n) is 4.13. The Morgan fingerprint density at radius 1 is 1.00 bits per heavy atom. The Hall–Kier alpha value is -2.35. The van der Waals surface area contributed by atoms with Crippen molar-refractivity contribution in [1.29, 1.82) is 0 Å². The van der Waals surface area contributed by atoms with E-state index in [2.05, 4.69) is 45.2 Å². The number of hydrogen-bond acceptors (Lipinski definition) is 2. The fourth-order valence-corrected chi connectivity index (χ4v) is 4.13. The molecule has 1 aliphatic rings. The summed E-state index contributed by atoms with van der Waals surface area (Å²) in [4.78, 5) is 10.5. The molecule has 0 aromatic heterocycles. The van der Waals surface area contributed by atoms with Crippen molar-refractivity contribution in [2.45, 2.75) is 87.0 Å². The minimum Gasteiger partial charge on any atom is -0.501 e. The number of benzene rings is 1. The summed E-state index contributed by atoms with van der Waals surface area (Å²) in [5.41, 5.74) is 9.13. The first kappa shape index (κ1) is 27.7. The van der Waals surface area contributed by atoms with Gasteiger partial charge in [0, 0.05) is 5.57 Å². The van der Waals surface area contributed by atoms with Gasteiger partial charge in [0.2, 0.25) is 0 Å². The third-order valence-electron chi connectivity index (χ3n) is 6.53. The first-order valence-electron chi connectivity index (χ1n) is 11.8. The summed E-state index contributed by atoms with van der Waals surface area (Å²) in [6, 6.07) is 6.74. The zero-order valence-corrected chi connectivity index (χ0v) is 21.8. The summed E-state index contributed by atoms with van der Waals surface area (Å²) in [6.45, 7) is 21.8. The highest BCUT2D eigenvalue weighted by Crippen LogP contribution is 2.34. The Morgan fingerprint density at radius 3 is 2.00 bits per heavy atom. The number of ether oxygens (including phenoxy) is 1. The van der Waals surface area contributed by atoms with Gasteiger partial charge in [-0.2, -0.15) is 0 Å². The van der Waals surface area contributed by atoms with Crippen molar-refractivity contribution >= 4 is 16.9 Å². The molecule has 0 atom stereocenters. The van der Waals surface area contributed by atoms with Gasteiger partial charge in [-0.05, 0) is 101 Å². The molecule has 1 aromatic rings. The van der Waals surface area contributed by atoms with Crippen LogP contribution in [-0.2, 0) is 16.0 Å². The highest BCUT2D eigenvalue weighted by molar-refractivity contribution is 5.93. The number of carbonyl (C=O) groups excluding carboxylic acids is 1. The van der Waals surface area contributed by atoms with Crippen LogP contribution in [-0.4, -0.2) is 12.9 Å². The minimum absolute atomic E-state index is 0.171. The van der Waals surface area contributed by atoms with Gasteiger partial charge < -0.3 is 4.74 Å². The molecule has 1 fully saturated rings. The number of hydrogen-bond donors (Lipinski definition) is 0. The standard InChI is InChI=1S/C23H32O.C7H12O/c1-16(2)21-14-13-20(12-11-19-9-7-8-10-19)22(15-21)23(17(3)4)18(5)24-6;1-5(2)6(3)7(4)8/h13-15,19H,1,3,7-12H2,2,4-6H3;1-4H3/b23-18+;. The van der Waals surface area contributed by atoms with E-state index in [1.807, 2.05) is 27.7 Å². The number of Topliss-reactive ketones (excluding diaryl/α,β-unsaturated/α-hetero) is 1. The van der Waals surface area contributed by atoms with Crippen molar-refractivity contribution in [2.75, 3.05) is 7.11 Å². The van der Waals surface area contributed by atoms with E-state index < -0.39 is 0 Å². The molecule has 0 N–H and O–H groups in total. The maximum absolute atomic E-state index is 10.5. The average Bonchev–Trinajstić information content (AvgIpc) is 3.25. The molecule has 0 radical (unpaired) electrons. The summed E-state index contributed by atoms with van der Waals surface area (Å²) in [5, 5.41) is 0. The van der Waals surface area contributed by atoms with Crippen LogP contribution in [0.2, 0.25) is 0 Å². The summed E-state index contributed by atoms with van der Waals surface area (Å²) < 4.78 is 5.56. The predicted octanol–water partition coefficient (Wildman–Crippen LogP) is 8.73.